The highest BCUT2D eigenvalue weighted by Crippen LogP contribution is 2.00. The molecule has 15 heavy (non-hydrogen) atoms. The van der Waals surface area contributed by atoms with Crippen LogP contribution in [0.25, 0.3) is 0 Å². The van der Waals surface area contributed by atoms with E-state index in [1.807, 2.05) is 37.0 Å². The second kappa shape index (κ2) is 4.81. The third kappa shape index (κ3) is 4.99. The Morgan fingerprint density at radius 1 is 1.53 bits per heavy atom. The van der Waals surface area contributed by atoms with E-state index in [1.54, 1.807) is 0 Å². The second-order valence-corrected chi connectivity index (χ2v) is 6.24. The van der Waals surface area contributed by atoms with Crippen LogP contribution in [0.15, 0.2) is 18.5 Å². The molecular formula is C10H18N2O2S. The predicted molar refractivity (Wildman–Crippen MR) is 61.4 cm³/mol. The zero-order valence-corrected chi connectivity index (χ0v) is 10.2. The van der Waals surface area contributed by atoms with Gasteiger partial charge in [-0.3, -0.25) is 0 Å². The summed E-state index contributed by atoms with van der Waals surface area (Å²) < 4.78 is 24.0. The average Bonchev–Trinajstić information content (AvgIpc) is 2.45. The minimum atomic E-state index is -2.89. The minimum absolute atomic E-state index is 0.0137. The average molecular weight is 230 g/mol. The summed E-state index contributed by atoms with van der Waals surface area (Å²) in [5.74, 6) is 0.180. The SMILES string of the molecule is CC(CS(C)(=O)=O)NCc1ccn(C)c1. The van der Waals surface area contributed by atoms with Gasteiger partial charge in [-0.1, -0.05) is 0 Å². The Kier molecular flexibility index (Phi) is 3.93. The van der Waals surface area contributed by atoms with Gasteiger partial charge in [0.1, 0.15) is 9.84 Å². The summed E-state index contributed by atoms with van der Waals surface area (Å²) in [5, 5.41) is 3.18. The molecule has 0 amide bonds. The molecule has 0 aliphatic heterocycles. The number of sulfone groups is 1. The van der Waals surface area contributed by atoms with Crippen molar-refractivity contribution < 1.29 is 8.42 Å². The Morgan fingerprint density at radius 3 is 2.67 bits per heavy atom. The van der Waals surface area contributed by atoms with Crippen LogP contribution in [0.1, 0.15) is 12.5 Å². The van der Waals surface area contributed by atoms with Crippen LogP contribution in [0.5, 0.6) is 0 Å². The first kappa shape index (κ1) is 12.3. The van der Waals surface area contributed by atoms with Gasteiger partial charge in [0.05, 0.1) is 5.75 Å². The molecule has 1 rings (SSSR count). The van der Waals surface area contributed by atoms with E-state index in [1.165, 1.54) is 6.26 Å². The third-order valence-electron chi connectivity index (χ3n) is 2.10. The van der Waals surface area contributed by atoms with Crippen LogP contribution in [0.4, 0.5) is 0 Å². The highest BCUT2D eigenvalue weighted by molar-refractivity contribution is 7.90. The molecule has 0 aliphatic carbocycles. The number of hydrogen-bond donors (Lipinski definition) is 1. The van der Waals surface area contributed by atoms with Crippen LogP contribution in [-0.4, -0.2) is 31.0 Å². The highest BCUT2D eigenvalue weighted by atomic mass is 32.2. The first-order valence-corrected chi connectivity index (χ1v) is 6.95. The Labute approximate surface area is 91.2 Å². The first-order chi connectivity index (χ1) is 6.87. The summed E-state index contributed by atoms with van der Waals surface area (Å²) in [6, 6.07) is 2.00. The molecule has 0 aliphatic rings. The van der Waals surface area contributed by atoms with E-state index in [9.17, 15) is 8.42 Å². The number of aryl methyl sites for hydroxylation is 1. The van der Waals surface area contributed by atoms with Gasteiger partial charge >= 0.3 is 0 Å². The van der Waals surface area contributed by atoms with E-state index in [0.29, 0.717) is 6.54 Å². The first-order valence-electron chi connectivity index (χ1n) is 4.89. The van der Waals surface area contributed by atoms with Crippen molar-refractivity contribution in [3.63, 3.8) is 0 Å². The normalized spacial score (nSPS) is 14.1. The van der Waals surface area contributed by atoms with Gasteiger partial charge in [0.2, 0.25) is 0 Å². The predicted octanol–water partition coefficient (Wildman–Crippen LogP) is 0.548. The maximum atomic E-state index is 11.0. The van der Waals surface area contributed by atoms with Crippen LogP contribution < -0.4 is 5.32 Å². The molecule has 1 N–H and O–H groups in total. The van der Waals surface area contributed by atoms with E-state index in [2.05, 4.69) is 5.32 Å². The summed E-state index contributed by atoms with van der Waals surface area (Å²) in [7, 11) is -0.929. The number of aromatic nitrogens is 1. The van der Waals surface area contributed by atoms with Crippen molar-refractivity contribution in [1.29, 1.82) is 0 Å². The summed E-state index contributed by atoms with van der Waals surface area (Å²) in [4.78, 5) is 0. The molecule has 0 saturated carbocycles. The Morgan fingerprint density at radius 2 is 2.20 bits per heavy atom. The topological polar surface area (TPSA) is 51.1 Å². The van der Waals surface area contributed by atoms with E-state index in [0.717, 1.165) is 5.56 Å². The highest BCUT2D eigenvalue weighted by Gasteiger charge is 2.09. The molecular weight excluding hydrogens is 212 g/mol. The van der Waals surface area contributed by atoms with E-state index >= 15 is 0 Å². The molecule has 86 valence electrons. The Bertz CT molecular complexity index is 409. The lowest BCUT2D eigenvalue weighted by atomic mass is 10.3. The number of nitrogens with zero attached hydrogens (tertiary/aromatic N) is 1. The second-order valence-electron chi connectivity index (χ2n) is 4.06. The molecule has 0 spiro atoms. The monoisotopic (exact) mass is 230 g/mol. The lowest BCUT2D eigenvalue weighted by molar-refractivity contribution is 0.560. The van der Waals surface area contributed by atoms with Crippen LogP contribution >= 0.6 is 0 Å². The van der Waals surface area contributed by atoms with Gasteiger partial charge in [-0.05, 0) is 18.6 Å². The molecule has 1 aromatic rings. The number of rotatable bonds is 5. The molecule has 0 fully saturated rings. The van der Waals surface area contributed by atoms with Crippen molar-refractivity contribution >= 4 is 9.84 Å². The van der Waals surface area contributed by atoms with Gasteiger partial charge < -0.3 is 9.88 Å². The molecule has 1 unspecified atom stereocenters. The zero-order chi connectivity index (χ0) is 11.5. The van der Waals surface area contributed by atoms with E-state index in [4.69, 9.17) is 0 Å². The van der Waals surface area contributed by atoms with Crippen molar-refractivity contribution in [3.05, 3.63) is 24.0 Å². The summed E-state index contributed by atoms with van der Waals surface area (Å²) in [6.45, 7) is 2.58. The van der Waals surface area contributed by atoms with Crippen LogP contribution in [0.3, 0.4) is 0 Å². The molecule has 0 saturated heterocycles. The fourth-order valence-electron chi connectivity index (χ4n) is 1.47. The summed E-state index contributed by atoms with van der Waals surface area (Å²) in [6.07, 6.45) is 5.24. The van der Waals surface area contributed by atoms with E-state index in [-0.39, 0.29) is 11.8 Å². The minimum Gasteiger partial charge on any atom is -0.357 e. The molecule has 1 atom stereocenters. The summed E-state index contributed by atoms with van der Waals surface area (Å²) >= 11 is 0. The molecule has 0 radical (unpaired) electrons. The van der Waals surface area contributed by atoms with Crippen LogP contribution in [0, 0.1) is 0 Å². The number of hydrogen-bond acceptors (Lipinski definition) is 3. The van der Waals surface area contributed by atoms with Crippen LogP contribution in [-0.2, 0) is 23.4 Å². The van der Waals surface area contributed by atoms with E-state index < -0.39 is 9.84 Å². The fourth-order valence-corrected chi connectivity index (χ4v) is 2.50. The van der Waals surface area contributed by atoms with Gasteiger partial charge in [0.25, 0.3) is 0 Å². The van der Waals surface area contributed by atoms with Crippen molar-refractivity contribution in [2.75, 3.05) is 12.0 Å². The standard InChI is InChI=1S/C10H18N2O2S/c1-9(8-15(3,13)14)11-6-10-4-5-12(2)7-10/h4-5,7,9,11H,6,8H2,1-3H3. The van der Waals surface area contributed by atoms with Gasteiger partial charge in [0.15, 0.2) is 0 Å². The molecule has 1 aromatic heterocycles. The quantitative estimate of drug-likeness (QED) is 0.803. The van der Waals surface area contributed by atoms with Crippen molar-refractivity contribution in [2.24, 2.45) is 7.05 Å². The largest absolute Gasteiger partial charge is 0.357 e. The maximum Gasteiger partial charge on any atom is 0.148 e. The van der Waals surface area contributed by atoms with Gasteiger partial charge in [-0.25, -0.2) is 8.42 Å². The van der Waals surface area contributed by atoms with Gasteiger partial charge in [-0.15, -0.1) is 0 Å². The molecule has 0 bridgehead atoms. The van der Waals surface area contributed by atoms with Gasteiger partial charge in [-0.2, -0.15) is 0 Å². The van der Waals surface area contributed by atoms with Crippen LogP contribution in [0.2, 0.25) is 0 Å². The van der Waals surface area contributed by atoms with Crippen molar-refractivity contribution in [3.8, 4) is 0 Å². The third-order valence-corrected chi connectivity index (χ3v) is 3.21. The molecule has 4 nitrogen and oxygen atoms in total. The Hall–Kier alpha value is -0.810. The molecule has 1 heterocycles. The maximum absolute atomic E-state index is 11.0. The fraction of sp³-hybridized carbons (Fsp3) is 0.600. The zero-order valence-electron chi connectivity index (χ0n) is 9.40. The Balaban J connectivity index is 2.37. The van der Waals surface area contributed by atoms with Crippen molar-refractivity contribution in [2.45, 2.75) is 19.5 Å². The molecule has 0 aromatic carbocycles. The smallest absolute Gasteiger partial charge is 0.148 e. The van der Waals surface area contributed by atoms with Crippen molar-refractivity contribution in [1.82, 2.24) is 9.88 Å². The molecule has 5 heteroatoms. The lowest BCUT2D eigenvalue weighted by Crippen LogP contribution is -2.32. The number of nitrogens with one attached hydrogen (secondary N) is 1. The lowest BCUT2D eigenvalue weighted by Gasteiger charge is -2.11. The summed E-state index contributed by atoms with van der Waals surface area (Å²) in [5.41, 5.74) is 1.16. The van der Waals surface area contributed by atoms with Gasteiger partial charge in [0, 0.05) is 38.3 Å².